The lowest BCUT2D eigenvalue weighted by atomic mass is 9.87. The largest absolute Gasteiger partial charge is 0.310 e. The molecule has 10 aromatic carbocycles. The van der Waals surface area contributed by atoms with Crippen molar-refractivity contribution in [3.05, 3.63) is 237 Å². The molecule has 11 aromatic rings. The van der Waals surface area contributed by atoms with Crippen LogP contribution in [0, 0.1) is 0 Å². The number of rotatable bonds is 8. The molecule has 282 valence electrons. The first kappa shape index (κ1) is 35.6. The third-order valence-electron chi connectivity index (χ3n) is 11.7. The van der Waals surface area contributed by atoms with E-state index in [2.05, 4.69) is 241 Å². The quantitative estimate of drug-likeness (QED) is 0.148. The smallest absolute Gasteiger partial charge is 0.0546 e. The predicted molar refractivity (Wildman–Crippen MR) is 259 cm³/mol. The maximum Gasteiger partial charge on any atom is 0.0546 e. The molecule has 1 nitrogen and oxygen atoms in total. The molecule has 2 heteroatoms. The molecule has 0 aliphatic carbocycles. The van der Waals surface area contributed by atoms with E-state index in [9.17, 15) is 0 Å². The van der Waals surface area contributed by atoms with Gasteiger partial charge < -0.3 is 4.90 Å². The normalized spacial score (nSPS) is 11.3. The molecule has 0 aliphatic heterocycles. The SMILES string of the molecule is c1ccc(-c2ccccc2-c2c(-c3ccccc3)cccc2N(c2ccc(-c3ccc4ccccc4c3)cc2)c2ccc(-c3ccc4sc5ccccc5c4c3)cc2)cc1. The van der Waals surface area contributed by atoms with Gasteiger partial charge in [-0.05, 0) is 115 Å². The Morgan fingerprint density at radius 3 is 1.52 bits per heavy atom. The minimum atomic E-state index is 1.09. The van der Waals surface area contributed by atoms with E-state index in [1.165, 1.54) is 86.6 Å². The van der Waals surface area contributed by atoms with Crippen LogP contribution in [-0.2, 0) is 0 Å². The fourth-order valence-electron chi connectivity index (χ4n) is 8.75. The van der Waals surface area contributed by atoms with E-state index < -0.39 is 0 Å². The Morgan fingerprint density at radius 2 is 0.800 bits per heavy atom. The first-order chi connectivity index (χ1) is 29.7. The predicted octanol–water partition coefficient (Wildman–Crippen LogP) is 17.0. The van der Waals surface area contributed by atoms with Gasteiger partial charge >= 0.3 is 0 Å². The van der Waals surface area contributed by atoms with Crippen molar-refractivity contribution in [1.82, 2.24) is 0 Å². The molecule has 0 bridgehead atoms. The van der Waals surface area contributed by atoms with Gasteiger partial charge in [-0.25, -0.2) is 0 Å². The average molecular weight is 782 g/mol. The van der Waals surface area contributed by atoms with Gasteiger partial charge in [0.1, 0.15) is 0 Å². The van der Waals surface area contributed by atoms with Gasteiger partial charge in [0, 0.05) is 37.1 Å². The molecule has 0 saturated heterocycles. The molecule has 0 saturated carbocycles. The molecule has 0 N–H and O–H groups in total. The van der Waals surface area contributed by atoms with Gasteiger partial charge in [0.25, 0.3) is 0 Å². The molecular formula is C58H39NS. The third-order valence-corrected chi connectivity index (χ3v) is 12.8. The second kappa shape index (κ2) is 15.3. The second-order valence-electron chi connectivity index (χ2n) is 15.3. The highest BCUT2D eigenvalue weighted by Crippen LogP contribution is 2.48. The summed E-state index contributed by atoms with van der Waals surface area (Å²) < 4.78 is 2.64. The highest BCUT2D eigenvalue weighted by atomic mass is 32.1. The van der Waals surface area contributed by atoms with Gasteiger partial charge in [0.15, 0.2) is 0 Å². The van der Waals surface area contributed by atoms with E-state index in [0.29, 0.717) is 0 Å². The lowest BCUT2D eigenvalue weighted by molar-refractivity contribution is 1.28. The molecule has 11 rings (SSSR count). The Bertz CT molecular complexity index is 3290. The molecule has 60 heavy (non-hydrogen) atoms. The summed E-state index contributed by atoms with van der Waals surface area (Å²) in [6.45, 7) is 0. The van der Waals surface area contributed by atoms with Gasteiger partial charge in [0.05, 0.1) is 5.69 Å². The average Bonchev–Trinajstić information content (AvgIpc) is 3.70. The number of hydrogen-bond donors (Lipinski definition) is 0. The maximum atomic E-state index is 2.44. The second-order valence-corrected chi connectivity index (χ2v) is 16.4. The van der Waals surface area contributed by atoms with Crippen LogP contribution in [0.5, 0.6) is 0 Å². The molecule has 0 aliphatic rings. The number of hydrogen-bond acceptors (Lipinski definition) is 2. The van der Waals surface area contributed by atoms with E-state index in [1.54, 1.807) is 0 Å². The third kappa shape index (κ3) is 6.54. The van der Waals surface area contributed by atoms with Crippen LogP contribution >= 0.6 is 11.3 Å². The number of nitrogens with zero attached hydrogens (tertiary/aromatic N) is 1. The summed E-state index contributed by atoms with van der Waals surface area (Å²) in [5.74, 6) is 0. The van der Waals surface area contributed by atoms with Crippen LogP contribution in [0.2, 0.25) is 0 Å². The van der Waals surface area contributed by atoms with Crippen LogP contribution in [0.4, 0.5) is 17.1 Å². The summed E-state index contributed by atoms with van der Waals surface area (Å²) in [5, 5.41) is 5.12. The summed E-state index contributed by atoms with van der Waals surface area (Å²) in [6.07, 6.45) is 0. The van der Waals surface area contributed by atoms with Crippen molar-refractivity contribution in [3.63, 3.8) is 0 Å². The van der Waals surface area contributed by atoms with Crippen LogP contribution in [-0.4, -0.2) is 0 Å². The molecule has 1 heterocycles. The van der Waals surface area contributed by atoms with Gasteiger partial charge in [0.2, 0.25) is 0 Å². The van der Waals surface area contributed by atoms with E-state index in [4.69, 9.17) is 0 Å². The van der Waals surface area contributed by atoms with Crippen LogP contribution in [0.3, 0.4) is 0 Å². The van der Waals surface area contributed by atoms with Crippen molar-refractivity contribution in [2.24, 2.45) is 0 Å². The fraction of sp³-hybridized carbons (Fsp3) is 0. The monoisotopic (exact) mass is 781 g/mol. The van der Waals surface area contributed by atoms with Gasteiger partial charge in [-0.3, -0.25) is 0 Å². The topological polar surface area (TPSA) is 3.24 Å². The first-order valence-corrected chi connectivity index (χ1v) is 21.3. The van der Waals surface area contributed by atoms with Crippen LogP contribution in [0.15, 0.2) is 237 Å². The zero-order chi connectivity index (χ0) is 39.8. The van der Waals surface area contributed by atoms with Crippen molar-refractivity contribution in [1.29, 1.82) is 0 Å². The summed E-state index contributed by atoms with van der Waals surface area (Å²) in [4.78, 5) is 2.44. The van der Waals surface area contributed by atoms with E-state index in [-0.39, 0.29) is 0 Å². The Balaban J connectivity index is 1.10. The first-order valence-electron chi connectivity index (χ1n) is 20.5. The van der Waals surface area contributed by atoms with Crippen molar-refractivity contribution in [2.75, 3.05) is 4.90 Å². The number of anilines is 3. The van der Waals surface area contributed by atoms with Crippen molar-refractivity contribution in [2.45, 2.75) is 0 Å². The Kier molecular flexibility index (Phi) is 9.11. The minimum absolute atomic E-state index is 1.09. The molecule has 0 atom stereocenters. The van der Waals surface area contributed by atoms with Crippen LogP contribution < -0.4 is 4.90 Å². The maximum absolute atomic E-state index is 2.44. The molecule has 0 unspecified atom stereocenters. The Morgan fingerprint density at radius 1 is 0.283 bits per heavy atom. The number of benzene rings is 10. The standard InChI is InChI=1S/C58H39NS/c1-3-15-43(16-4-1)50-20-9-10-22-53(50)58-51(44-17-5-2-6-18-44)23-13-24-55(58)59(48-33-28-41(29-34-48)46-27-26-40-14-7-8-19-45(40)38-46)49-35-30-42(31-36-49)47-32-37-57-54(39-47)52-21-11-12-25-56(52)60-57/h1-39H. The van der Waals surface area contributed by atoms with Crippen molar-refractivity contribution in [3.8, 4) is 55.6 Å². The van der Waals surface area contributed by atoms with Crippen LogP contribution in [0.1, 0.15) is 0 Å². The van der Waals surface area contributed by atoms with E-state index >= 15 is 0 Å². The molecule has 0 spiro atoms. The number of fused-ring (bicyclic) bond motifs is 4. The lowest BCUT2D eigenvalue weighted by Crippen LogP contribution is -2.12. The van der Waals surface area contributed by atoms with E-state index in [0.717, 1.165) is 17.1 Å². The molecule has 0 amide bonds. The summed E-state index contributed by atoms with van der Waals surface area (Å²) in [7, 11) is 0. The van der Waals surface area contributed by atoms with Crippen molar-refractivity contribution >= 4 is 59.3 Å². The Labute approximate surface area is 354 Å². The summed E-state index contributed by atoms with van der Waals surface area (Å²) >= 11 is 1.86. The lowest BCUT2D eigenvalue weighted by Gasteiger charge is -2.30. The molecular weight excluding hydrogens is 743 g/mol. The van der Waals surface area contributed by atoms with Crippen LogP contribution in [0.25, 0.3) is 86.6 Å². The van der Waals surface area contributed by atoms with Gasteiger partial charge in [-0.1, -0.05) is 182 Å². The highest BCUT2D eigenvalue weighted by Gasteiger charge is 2.23. The molecule has 0 radical (unpaired) electrons. The van der Waals surface area contributed by atoms with Crippen molar-refractivity contribution < 1.29 is 0 Å². The Hall–Kier alpha value is -7.52. The van der Waals surface area contributed by atoms with Gasteiger partial charge in [-0.15, -0.1) is 11.3 Å². The van der Waals surface area contributed by atoms with E-state index in [1.807, 2.05) is 11.3 Å². The zero-order valence-electron chi connectivity index (χ0n) is 32.9. The number of thiophene rings is 1. The van der Waals surface area contributed by atoms with Gasteiger partial charge in [-0.2, -0.15) is 0 Å². The summed E-state index contributed by atoms with van der Waals surface area (Å²) in [5.41, 5.74) is 15.2. The fourth-order valence-corrected chi connectivity index (χ4v) is 9.83. The molecule has 1 aromatic heterocycles. The molecule has 0 fully saturated rings. The summed E-state index contributed by atoms with van der Waals surface area (Å²) in [6, 6.07) is 86.3. The minimum Gasteiger partial charge on any atom is -0.310 e. The zero-order valence-corrected chi connectivity index (χ0v) is 33.7. The highest BCUT2D eigenvalue weighted by molar-refractivity contribution is 7.25.